The molecule has 0 bridgehead atoms. The van der Waals surface area contributed by atoms with Crippen molar-refractivity contribution in [2.24, 2.45) is 0 Å². The number of carbonyl (C=O) groups is 13. The van der Waals surface area contributed by atoms with E-state index in [4.69, 9.17) is 36.6 Å². The fraction of sp³-hybridized carbons (Fsp3) is 0.261. The first-order valence-electron chi connectivity index (χ1n) is 40.4. The standard InChI is InChI=1S/C23H20N6O6.2C22H20N4O5.C21H19N5O5/c1-34-13-3-2-12-10-28(19(30)14(12)8-13)11-23(20(31)26-21(32)27-23)17-9-15-16(35-17)4-5-24-18(15)29-7-6-25-22(29)33;1-3-14-7-17-13(9-23-14)6-18(31-17)22(20(28)24-21(29)25-22)11-26-10-12-4-5-15(30-2)8-16(12)19(26)27;1-3-16-15-9-18(31-17(15)6-7-23-16)22(20(28)24-21(29)25-22)11-26-10-12-4-5-13(30-2)8-14(12)19(26)27;1-22-17-7-15-12(8-23-17)5-16(31-15)21(19(28)24-20(29)25-21)10-26-9-11-3-4-13(30-2)6-14(11)18(26)27/h2-5,8-9H,6-7,10-11H2,1H3,(H,25,33)(H2,26,27,31,32);2*4-9H,3,10-11H2,1-2H3,(H2,24,25,28,29);3-8H,9-10H2,1-2H3,(H,22,23)(H2,24,25,28,29)/t23-;2*22-;21-/m0000/s1. The number of methoxy groups -OCH3 is 4. The van der Waals surface area contributed by atoms with Gasteiger partial charge in [0.25, 0.3) is 47.3 Å². The van der Waals surface area contributed by atoms with Crippen molar-refractivity contribution < 1.29 is 98.9 Å². The number of carbonyl (C=O) groups excluding carboxylic acids is 13. The first-order chi connectivity index (χ1) is 61.7. The lowest BCUT2D eigenvalue weighted by atomic mass is 9.95. The molecule has 128 heavy (non-hydrogen) atoms. The summed E-state index contributed by atoms with van der Waals surface area (Å²) >= 11 is 0. The van der Waals surface area contributed by atoms with Crippen LogP contribution < -0.4 is 77.0 Å². The number of hydrogen-bond acceptors (Lipinski definition) is 26. The number of rotatable bonds is 20. The number of nitrogens with zero attached hydrogens (tertiary/aromatic N) is 9. The number of fused-ring (bicyclic) bond motifs is 8. The summed E-state index contributed by atoms with van der Waals surface area (Å²) in [5.74, 6) is 0.723. The Balaban J connectivity index is 0.000000115. The largest absolute Gasteiger partial charge is 0.497 e. The summed E-state index contributed by atoms with van der Waals surface area (Å²) in [5, 5.41) is 28.1. The number of amides is 18. The molecule has 21 rings (SSSR count). The number of ether oxygens (including phenoxy) is 4. The van der Waals surface area contributed by atoms with E-state index in [1.165, 1.54) is 59.1 Å². The van der Waals surface area contributed by atoms with Gasteiger partial charge in [-0.05, 0) is 120 Å². The first-order valence-corrected chi connectivity index (χ1v) is 40.4. The van der Waals surface area contributed by atoms with Gasteiger partial charge >= 0.3 is 30.2 Å². The molecule has 0 radical (unpaired) electrons. The molecular formula is C88H79N19O21. The zero-order valence-electron chi connectivity index (χ0n) is 69.4. The quantitative estimate of drug-likeness (QED) is 0.0350. The van der Waals surface area contributed by atoms with Crippen LogP contribution in [0.3, 0.4) is 0 Å². The van der Waals surface area contributed by atoms with Crippen molar-refractivity contribution in [3.63, 3.8) is 0 Å². The van der Waals surface area contributed by atoms with Gasteiger partial charge in [-0.15, -0.1) is 0 Å². The van der Waals surface area contributed by atoms with Gasteiger partial charge in [-0.2, -0.15) is 0 Å². The zero-order chi connectivity index (χ0) is 89.6. The normalized spacial score (nSPS) is 20.5. The smallest absolute Gasteiger partial charge is 0.323 e. The van der Waals surface area contributed by atoms with Crippen molar-refractivity contribution in [2.75, 3.05) is 85.0 Å². The van der Waals surface area contributed by atoms with Crippen LogP contribution in [-0.2, 0) is 80.4 Å². The van der Waals surface area contributed by atoms with E-state index in [1.807, 2.05) is 38.1 Å². The second-order valence-corrected chi connectivity index (χ2v) is 31.3. The van der Waals surface area contributed by atoms with Crippen molar-refractivity contribution in [1.82, 2.24) is 87.4 Å². The Hall–Kier alpha value is -16.5. The number of aromatic nitrogens is 4. The Morgan fingerprint density at radius 2 is 0.758 bits per heavy atom. The number of pyridine rings is 4. The maximum absolute atomic E-state index is 13.2. The summed E-state index contributed by atoms with van der Waals surface area (Å²) in [6.07, 6.45) is 7.85. The number of benzene rings is 4. The van der Waals surface area contributed by atoms with Gasteiger partial charge < -0.3 is 88.1 Å². The highest BCUT2D eigenvalue weighted by Gasteiger charge is 2.58. The van der Waals surface area contributed by atoms with Gasteiger partial charge in [0.2, 0.25) is 0 Å². The summed E-state index contributed by atoms with van der Waals surface area (Å²) in [5.41, 5.74) is 2.66. The minimum atomic E-state index is -1.66. The number of imide groups is 4. The maximum Gasteiger partial charge on any atom is 0.323 e. The first kappa shape index (κ1) is 82.5. The van der Waals surface area contributed by atoms with Crippen LogP contribution in [0.25, 0.3) is 43.9 Å². The molecule has 4 atom stereocenters. The minimum absolute atomic E-state index is 0.0743. The number of urea groups is 5. The van der Waals surface area contributed by atoms with E-state index in [-0.39, 0.29) is 85.4 Å². The van der Waals surface area contributed by atoms with Gasteiger partial charge in [0, 0.05) is 127 Å². The van der Waals surface area contributed by atoms with Gasteiger partial charge in [-0.1, -0.05) is 38.1 Å². The van der Waals surface area contributed by atoms with Crippen LogP contribution in [0.2, 0.25) is 0 Å². The molecule has 4 aromatic carbocycles. The Morgan fingerprint density at radius 1 is 0.398 bits per heavy atom. The van der Waals surface area contributed by atoms with E-state index >= 15 is 0 Å². The van der Waals surface area contributed by atoms with E-state index in [2.05, 4.69) is 73.1 Å². The van der Waals surface area contributed by atoms with Gasteiger partial charge in [0.15, 0.2) is 22.2 Å². The molecule has 0 spiro atoms. The maximum atomic E-state index is 13.2. The number of nitrogens with one attached hydrogen (secondary N) is 10. The van der Waals surface area contributed by atoms with Crippen molar-refractivity contribution in [3.05, 3.63) is 225 Å². The SMILES string of the molecule is CCc1cc2oc([C@]3(CN4Cc5ccc(OC)cc5C4=O)NC(=O)NC3=O)cc2cn1.CCc1nccc2oc([C@]3(CN4Cc5ccc(OC)cc5C4=O)NC(=O)NC3=O)cc12.CNc1cc2oc([C@]3(CN4Cc5ccc(OC)cc5C4=O)NC(=O)NC3=O)cc2cn1.COc1ccc2c(c1)C(=O)N(C[C@@]1(c3cc4c(N5CCNC5=O)nccc4o3)NC(=O)NC1=O)C2. The summed E-state index contributed by atoms with van der Waals surface area (Å²) in [4.78, 5) is 190. The molecule has 5 saturated heterocycles. The average Bonchev–Trinajstić information content (AvgIpc) is 1.60. The van der Waals surface area contributed by atoms with Gasteiger partial charge in [0.1, 0.15) is 80.0 Å². The fourth-order valence-corrected chi connectivity index (χ4v) is 17.2. The minimum Gasteiger partial charge on any atom is -0.497 e. The second-order valence-electron chi connectivity index (χ2n) is 31.3. The molecule has 18 amide bonds. The van der Waals surface area contributed by atoms with Crippen molar-refractivity contribution in [1.29, 1.82) is 0 Å². The molecule has 10 N–H and O–H groups in total. The summed E-state index contributed by atoms with van der Waals surface area (Å²) in [6, 6.07) is 31.6. The zero-order valence-corrected chi connectivity index (χ0v) is 69.4. The van der Waals surface area contributed by atoms with Crippen molar-refractivity contribution in [3.8, 4) is 23.0 Å². The predicted molar refractivity (Wildman–Crippen MR) is 449 cm³/mol. The number of aryl methyl sites for hydroxylation is 2. The molecule has 40 heteroatoms. The molecule has 0 unspecified atom stereocenters. The lowest BCUT2D eigenvalue weighted by Gasteiger charge is -2.29. The predicted octanol–water partition coefficient (Wildman–Crippen LogP) is 6.80. The third-order valence-corrected chi connectivity index (χ3v) is 23.8. The molecular weight excluding hydrogens is 1660 g/mol. The number of anilines is 2. The van der Waals surface area contributed by atoms with Crippen LogP contribution in [0, 0.1) is 0 Å². The van der Waals surface area contributed by atoms with Crippen LogP contribution in [0.4, 0.5) is 35.6 Å². The Morgan fingerprint density at radius 3 is 1.11 bits per heavy atom. The van der Waals surface area contributed by atoms with Crippen LogP contribution >= 0.6 is 0 Å². The van der Waals surface area contributed by atoms with E-state index < -0.39 is 69.9 Å². The lowest BCUT2D eigenvalue weighted by Crippen LogP contribution is -2.52. The third-order valence-electron chi connectivity index (χ3n) is 23.8. The highest BCUT2D eigenvalue weighted by molar-refractivity contribution is 6.13. The van der Waals surface area contributed by atoms with E-state index in [0.717, 1.165) is 45.4 Å². The van der Waals surface area contributed by atoms with Crippen molar-refractivity contribution >= 4 is 133 Å². The second kappa shape index (κ2) is 32.0. The molecule has 0 saturated carbocycles. The monoisotopic (exact) mass is 1740 g/mol. The Kier molecular flexibility index (Phi) is 20.6. The molecule has 9 aliphatic heterocycles. The molecule has 652 valence electrons. The Bertz CT molecular complexity index is 6580. The Labute approximate surface area is 724 Å². The van der Waals surface area contributed by atoms with Crippen LogP contribution in [-0.4, -0.2) is 192 Å². The van der Waals surface area contributed by atoms with E-state index in [9.17, 15) is 62.3 Å². The molecule has 5 fully saturated rings. The van der Waals surface area contributed by atoms with Crippen LogP contribution in [0.1, 0.15) is 112 Å². The summed E-state index contributed by atoms with van der Waals surface area (Å²) < 4.78 is 44.9. The lowest BCUT2D eigenvalue weighted by molar-refractivity contribution is -0.126. The molecule has 0 aliphatic carbocycles. The highest BCUT2D eigenvalue weighted by Crippen LogP contribution is 2.43. The van der Waals surface area contributed by atoms with Gasteiger partial charge in [-0.25, -0.2) is 33.9 Å². The molecule has 12 aromatic rings. The van der Waals surface area contributed by atoms with Gasteiger partial charge in [-0.3, -0.25) is 74.5 Å². The van der Waals surface area contributed by atoms with Gasteiger partial charge in [0.05, 0.1) is 65.7 Å². The fourth-order valence-electron chi connectivity index (χ4n) is 17.2. The summed E-state index contributed by atoms with van der Waals surface area (Å²) in [6.45, 7) is 5.64. The van der Waals surface area contributed by atoms with E-state index in [0.29, 0.717) is 135 Å². The number of hydrogen-bond donors (Lipinski definition) is 10. The third kappa shape index (κ3) is 14.2. The molecule has 40 nitrogen and oxygen atoms in total. The topological polar surface area (TPSA) is 499 Å². The number of furan rings is 4. The van der Waals surface area contributed by atoms with Crippen molar-refractivity contribution in [2.45, 2.75) is 75.0 Å². The molecule has 9 aliphatic rings. The highest BCUT2D eigenvalue weighted by atomic mass is 16.5. The van der Waals surface area contributed by atoms with Crippen LogP contribution in [0.5, 0.6) is 23.0 Å². The molecule has 8 aromatic heterocycles. The van der Waals surface area contributed by atoms with E-state index in [1.54, 1.807) is 123 Å². The summed E-state index contributed by atoms with van der Waals surface area (Å²) in [7, 11) is 7.85. The average molecular weight is 1740 g/mol. The molecule has 17 heterocycles. The van der Waals surface area contributed by atoms with Crippen LogP contribution in [0.15, 0.2) is 164 Å².